The zero-order chi connectivity index (χ0) is 67.6. The zero-order valence-electron chi connectivity index (χ0n) is 55.8. The summed E-state index contributed by atoms with van der Waals surface area (Å²) in [6.45, 7) is 31.4. The molecule has 6 N–H and O–H groups in total. The lowest BCUT2D eigenvalue weighted by atomic mass is 10.1. The molecule has 3 rings (SSSR count). The molecule has 0 fully saturated rings. The van der Waals surface area contributed by atoms with Crippen LogP contribution in [0, 0.1) is 5.92 Å². The summed E-state index contributed by atoms with van der Waals surface area (Å²) in [4.78, 5) is 76.6. The first-order valence-electron chi connectivity index (χ1n) is 30.4. The third-order valence-electron chi connectivity index (χ3n) is 11.3. The van der Waals surface area contributed by atoms with Crippen molar-refractivity contribution in [3.05, 3.63) is 129 Å². The van der Waals surface area contributed by atoms with Gasteiger partial charge >= 0.3 is 36.2 Å². The van der Waals surface area contributed by atoms with Crippen molar-refractivity contribution >= 4 is 36.2 Å². The standard InChI is InChI=1S/C17H25NO4.C16H22N4O4.C16H23NO5.2C8H18.H2N4/c1-12(2)14(18-16(20)22-17(3,4)5)15(19)21-11-13-9-7-6-8-10-13;1-11(19-20-17)13(18-15(22)24-16(2,3)4)14(21)23-10-12-8-6-5-7-9-12;1-11(18)13(17-15(20)22-16(2,3)4)14(19)21-10-12-8-6-5-7-9-12;2*1-3-5-7-8-6-4-2;1-3-4-2/h6-10,12,14H,11H2,1-5H3,(H,18,20);5-9,11,13H,10H2,1-4H3,(H,18,22);5-9,11,13,18H,10H2,1-4H3,(H,17,20);2*3-8H2,1-2H3;1H2/t14-;2*11-,13+;;;/m011.../s1. The summed E-state index contributed by atoms with van der Waals surface area (Å²) in [6, 6.07) is 23.7. The number of alkyl carbamates (subject to hydrolysis) is 3. The molecule has 0 aromatic heterocycles. The summed E-state index contributed by atoms with van der Waals surface area (Å²) >= 11 is 0. The molecule has 0 saturated heterocycles. The average Bonchev–Trinajstić information content (AvgIpc) is 3.62. The van der Waals surface area contributed by atoms with Crippen molar-refractivity contribution in [2.24, 2.45) is 22.1 Å². The molecule has 5 atom stereocenters. The number of nitrogens with two attached hydrogens (primary N) is 1. The fraction of sp³-hybridized carbons (Fsp3) is 0.631. The fourth-order valence-corrected chi connectivity index (χ4v) is 6.86. The smallest absolute Gasteiger partial charge is 0.408 e. The number of azide groups is 2. The molecule has 23 nitrogen and oxygen atoms in total. The number of esters is 3. The number of benzene rings is 3. The number of unbranched alkanes of at least 4 members (excludes halogenated alkanes) is 10. The number of carbonyl (C=O) groups is 6. The van der Waals surface area contributed by atoms with Crippen LogP contribution in [0.1, 0.15) is 211 Å². The predicted molar refractivity (Wildman–Crippen MR) is 345 cm³/mol. The summed E-state index contributed by atoms with van der Waals surface area (Å²) < 4.78 is 30.9. The molecule has 0 bridgehead atoms. The topological polar surface area (TPSA) is 338 Å². The number of nitrogens with one attached hydrogen (secondary N) is 3. The van der Waals surface area contributed by atoms with E-state index in [1.54, 1.807) is 74.4 Å². The van der Waals surface area contributed by atoms with Gasteiger partial charge in [-0.2, -0.15) is 4.91 Å². The lowest BCUT2D eigenvalue weighted by Crippen LogP contribution is -2.49. The van der Waals surface area contributed by atoms with Crippen LogP contribution in [0.25, 0.3) is 20.9 Å². The average molecular weight is 1240 g/mol. The van der Waals surface area contributed by atoms with Crippen LogP contribution in [0.4, 0.5) is 14.4 Å². The van der Waals surface area contributed by atoms with Crippen molar-refractivity contribution in [3.63, 3.8) is 0 Å². The van der Waals surface area contributed by atoms with E-state index in [-0.39, 0.29) is 25.7 Å². The third-order valence-corrected chi connectivity index (χ3v) is 11.3. The number of carbonyl (C=O) groups excluding carboxylic acids is 6. The van der Waals surface area contributed by atoms with Gasteiger partial charge in [-0.25, -0.2) is 28.8 Å². The Labute approximate surface area is 524 Å². The molecule has 0 spiro atoms. The molecule has 0 aliphatic heterocycles. The van der Waals surface area contributed by atoms with E-state index in [1.165, 1.54) is 90.9 Å². The maximum Gasteiger partial charge on any atom is 0.408 e. The first-order valence-corrected chi connectivity index (χ1v) is 30.4. The van der Waals surface area contributed by atoms with Crippen molar-refractivity contribution in [1.82, 2.24) is 16.0 Å². The molecule has 23 heteroatoms. The van der Waals surface area contributed by atoms with Gasteiger partial charge in [0.25, 0.3) is 0 Å². The van der Waals surface area contributed by atoms with Crippen molar-refractivity contribution in [2.45, 2.75) is 262 Å². The number of nitrogens with zero attached hydrogens (tertiary/aromatic N) is 6. The molecule has 496 valence electrons. The molecule has 0 unspecified atom stereocenters. The van der Waals surface area contributed by atoms with Crippen LogP contribution in [-0.2, 0) is 62.6 Å². The molecular formula is C65H108N10O13. The second-order valence-corrected chi connectivity index (χ2v) is 23.6. The Bertz CT molecular complexity index is 2300. The summed E-state index contributed by atoms with van der Waals surface area (Å²) in [5.74, 6) is 2.25. The summed E-state index contributed by atoms with van der Waals surface area (Å²) in [7, 11) is 0. The number of amides is 3. The van der Waals surface area contributed by atoms with Crippen molar-refractivity contribution in [3.8, 4) is 0 Å². The van der Waals surface area contributed by atoms with Gasteiger partial charge in [-0.3, -0.25) is 5.84 Å². The highest BCUT2D eigenvalue weighted by molar-refractivity contribution is 5.83. The number of aliphatic hydroxyl groups is 1. The van der Waals surface area contributed by atoms with E-state index in [1.807, 2.05) is 92.7 Å². The van der Waals surface area contributed by atoms with Crippen LogP contribution in [0.2, 0.25) is 0 Å². The van der Waals surface area contributed by atoms with Crippen LogP contribution < -0.4 is 21.8 Å². The molecule has 3 amide bonds. The number of ether oxygens (including phenoxy) is 6. The Morgan fingerprint density at radius 1 is 0.466 bits per heavy atom. The Kier molecular flexibility index (Phi) is 48.3. The second kappa shape index (κ2) is 50.3. The van der Waals surface area contributed by atoms with Gasteiger partial charge in [-0.05, 0) is 103 Å². The van der Waals surface area contributed by atoms with Gasteiger partial charge in [0, 0.05) is 4.91 Å². The Morgan fingerprint density at radius 2 is 0.727 bits per heavy atom. The maximum atomic E-state index is 12.3. The minimum atomic E-state index is -1.18. The fourth-order valence-electron chi connectivity index (χ4n) is 6.86. The van der Waals surface area contributed by atoms with E-state index in [2.05, 4.69) is 69.6 Å². The Hall–Kier alpha value is -7.74. The highest BCUT2D eigenvalue weighted by atomic mass is 16.6. The van der Waals surface area contributed by atoms with Crippen molar-refractivity contribution in [1.29, 1.82) is 0 Å². The minimum Gasteiger partial charge on any atom is -0.459 e. The van der Waals surface area contributed by atoms with E-state index in [4.69, 9.17) is 39.5 Å². The Morgan fingerprint density at radius 3 is 0.966 bits per heavy atom. The van der Waals surface area contributed by atoms with Crippen LogP contribution in [0.5, 0.6) is 0 Å². The highest BCUT2D eigenvalue weighted by Gasteiger charge is 2.32. The molecular weight excluding hydrogens is 1130 g/mol. The van der Waals surface area contributed by atoms with Crippen LogP contribution in [0.3, 0.4) is 0 Å². The van der Waals surface area contributed by atoms with E-state index < -0.39 is 83.3 Å². The van der Waals surface area contributed by atoms with Gasteiger partial charge in [0.1, 0.15) is 48.7 Å². The summed E-state index contributed by atoms with van der Waals surface area (Å²) in [5.41, 5.74) is 16.3. The zero-order valence-corrected chi connectivity index (χ0v) is 55.8. The summed E-state index contributed by atoms with van der Waals surface area (Å²) in [5, 5.41) is 22.8. The van der Waals surface area contributed by atoms with Crippen LogP contribution in [-0.4, -0.2) is 88.4 Å². The van der Waals surface area contributed by atoms with Gasteiger partial charge in [0.05, 0.1) is 12.1 Å². The molecule has 0 heterocycles. The van der Waals surface area contributed by atoms with Crippen LogP contribution >= 0.6 is 0 Å². The minimum absolute atomic E-state index is 0.0508. The number of aliphatic hydroxyl groups excluding tert-OH is 1. The lowest BCUT2D eigenvalue weighted by Gasteiger charge is -2.24. The van der Waals surface area contributed by atoms with Crippen molar-refractivity contribution < 1.29 is 62.3 Å². The normalized spacial score (nSPS) is 12.2. The van der Waals surface area contributed by atoms with Gasteiger partial charge in [0.15, 0.2) is 6.04 Å². The first kappa shape index (κ1) is 84.5. The van der Waals surface area contributed by atoms with Gasteiger partial charge in [-0.15, -0.1) is 5.53 Å². The number of hydrogen-bond acceptors (Lipinski definition) is 15. The third kappa shape index (κ3) is 50.4. The van der Waals surface area contributed by atoms with Crippen molar-refractivity contribution in [2.75, 3.05) is 0 Å². The quantitative estimate of drug-likeness (QED) is 0.00729. The largest absolute Gasteiger partial charge is 0.459 e. The van der Waals surface area contributed by atoms with E-state index in [9.17, 15) is 33.9 Å². The van der Waals surface area contributed by atoms with Gasteiger partial charge in [0.2, 0.25) is 0 Å². The Balaban J connectivity index is -0.00000106. The van der Waals surface area contributed by atoms with E-state index >= 15 is 0 Å². The molecule has 3 aromatic carbocycles. The van der Waals surface area contributed by atoms with Crippen LogP contribution in [0.15, 0.2) is 101 Å². The van der Waals surface area contributed by atoms with E-state index in [0.717, 1.165) is 16.7 Å². The van der Waals surface area contributed by atoms with E-state index in [0.29, 0.717) is 0 Å². The monoisotopic (exact) mass is 1240 g/mol. The SMILES string of the molecule is CC(C)[C@H](NC(=O)OC(C)(C)C)C(=O)OCc1ccccc1.CCCCCCCC.CCCCCCCC.C[C@@H](N=[N+]=[N-])[C@H](NC(=O)OC(C)(C)C)C(=O)OCc1ccccc1.C[C@@H](O)[C@H](NC(=O)OC(C)(C)C)C(=O)OCc1ccccc1.[N-]=[N+]=NN. The number of hydrogen-bond donors (Lipinski definition) is 5. The highest BCUT2D eigenvalue weighted by Crippen LogP contribution is 2.14. The number of rotatable bonds is 26. The summed E-state index contributed by atoms with van der Waals surface area (Å²) in [6.07, 6.45) is 13.7. The molecule has 3 aromatic rings. The maximum absolute atomic E-state index is 12.3. The first-order chi connectivity index (χ1) is 41.3. The molecule has 88 heavy (non-hydrogen) atoms. The molecule has 0 radical (unpaired) electrons. The molecule has 0 saturated carbocycles. The van der Waals surface area contributed by atoms with Gasteiger partial charge in [-0.1, -0.05) is 222 Å². The predicted octanol–water partition coefficient (Wildman–Crippen LogP) is 15.5. The second-order valence-electron chi connectivity index (χ2n) is 23.6. The lowest BCUT2D eigenvalue weighted by molar-refractivity contribution is -0.150. The van der Waals surface area contributed by atoms with Gasteiger partial charge < -0.3 is 49.5 Å². The molecule has 0 aliphatic carbocycles. The molecule has 0 aliphatic rings.